The summed E-state index contributed by atoms with van der Waals surface area (Å²) in [6.45, 7) is 4.08. The van der Waals surface area contributed by atoms with Crippen molar-refractivity contribution in [3.8, 4) is 0 Å². The molecule has 0 aromatic heterocycles. The van der Waals surface area contributed by atoms with Crippen LogP contribution in [0.5, 0.6) is 0 Å². The third kappa shape index (κ3) is 2.34. The summed E-state index contributed by atoms with van der Waals surface area (Å²) < 4.78 is 0. The van der Waals surface area contributed by atoms with E-state index in [0.29, 0.717) is 0 Å². The number of likely N-dealkylation sites (tertiary alicyclic amines) is 1. The first-order valence-electron chi connectivity index (χ1n) is 9.31. The zero-order valence-corrected chi connectivity index (χ0v) is 14.4. The number of amides is 1. The molecule has 0 bridgehead atoms. The highest BCUT2D eigenvalue weighted by atomic mass is 16.2. The molecular formula is C22H22N2O. The van der Waals surface area contributed by atoms with Crippen molar-refractivity contribution in [1.29, 1.82) is 0 Å². The fraction of sp³-hybridized carbons (Fsp3) is 0.318. The molecule has 1 saturated heterocycles. The Balaban J connectivity index is 1.57. The van der Waals surface area contributed by atoms with Gasteiger partial charge < -0.3 is 9.80 Å². The van der Waals surface area contributed by atoms with Gasteiger partial charge in [0.2, 0.25) is 0 Å². The van der Waals surface area contributed by atoms with Crippen LogP contribution in [0.15, 0.2) is 48.5 Å². The molecule has 0 unspecified atom stereocenters. The molecule has 0 atom stereocenters. The summed E-state index contributed by atoms with van der Waals surface area (Å²) in [5, 5.41) is 4.76. The van der Waals surface area contributed by atoms with Crippen molar-refractivity contribution in [1.82, 2.24) is 4.90 Å². The molecule has 3 aromatic carbocycles. The van der Waals surface area contributed by atoms with E-state index in [4.69, 9.17) is 0 Å². The van der Waals surface area contributed by atoms with E-state index < -0.39 is 0 Å². The number of carbonyl (C=O) groups is 1. The van der Waals surface area contributed by atoms with Crippen LogP contribution in [-0.2, 0) is 0 Å². The van der Waals surface area contributed by atoms with Crippen LogP contribution in [-0.4, -0.2) is 37.0 Å². The lowest BCUT2D eigenvalue weighted by molar-refractivity contribution is 0.0988. The Kier molecular flexibility index (Phi) is 3.49. The van der Waals surface area contributed by atoms with Gasteiger partial charge in [-0.1, -0.05) is 42.8 Å². The van der Waals surface area contributed by atoms with E-state index in [0.717, 1.165) is 29.7 Å². The molecule has 126 valence electrons. The third-order valence-corrected chi connectivity index (χ3v) is 5.72. The summed E-state index contributed by atoms with van der Waals surface area (Å²) in [6, 6.07) is 16.8. The molecule has 2 aliphatic heterocycles. The molecule has 0 saturated carbocycles. The molecule has 0 N–H and O–H groups in total. The second-order valence-electron chi connectivity index (χ2n) is 7.20. The molecule has 0 aliphatic carbocycles. The first kappa shape index (κ1) is 14.9. The Morgan fingerprint density at radius 3 is 2.52 bits per heavy atom. The van der Waals surface area contributed by atoms with Gasteiger partial charge in [-0.25, -0.2) is 0 Å². The first-order chi connectivity index (χ1) is 12.3. The van der Waals surface area contributed by atoms with Crippen molar-refractivity contribution in [2.75, 3.05) is 31.1 Å². The summed E-state index contributed by atoms with van der Waals surface area (Å²) in [5.41, 5.74) is 1.95. The molecule has 1 amide bonds. The molecule has 0 radical (unpaired) electrons. The maximum absolute atomic E-state index is 13.0. The normalized spacial score (nSPS) is 17.8. The largest absolute Gasteiger partial charge is 0.306 e. The van der Waals surface area contributed by atoms with Crippen LogP contribution < -0.4 is 4.90 Å². The van der Waals surface area contributed by atoms with E-state index in [9.17, 15) is 4.79 Å². The minimum Gasteiger partial charge on any atom is -0.306 e. The maximum atomic E-state index is 13.0. The standard InChI is InChI=1S/C22H22N2O/c25-22-19-10-6-9-18-17-8-3-2-7-16(17)15-20(21(18)19)24(22)14-13-23-11-4-1-5-12-23/h2-3,6-10,15H,1,4-5,11-14H2. The summed E-state index contributed by atoms with van der Waals surface area (Å²) in [7, 11) is 0. The third-order valence-electron chi connectivity index (χ3n) is 5.72. The highest BCUT2D eigenvalue weighted by Crippen LogP contribution is 2.41. The van der Waals surface area contributed by atoms with Crippen molar-refractivity contribution in [3.63, 3.8) is 0 Å². The van der Waals surface area contributed by atoms with Gasteiger partial charge in [0.25, 0.3) is 5.91 Å². The molecular weight excluding hydrogens is 308 g/mol. The van der Waals surface area contributed by atoms with Crippen LogP contribution in [0.2, 0.25) is 0 Å². The van der Waals surface area contributed by atoms with Crippen LogP contribution in [0.4, 0.5) is 5.69 Å². The van der Waals surface area contributed by atoms with Gasteiger partial charge in [-0.2, -0.15) is 0 Å². The summed E-state index contributed by atoms with van der Waals surface area (Å²) >= 11 is 0. The molecule has 3 nitrogen and oxygen atoms in total. The van der Waals surface area contributed by atoms with Gasteiger partial charge in [-0.15, -0.1) is 0 Å². The van der Waals surface area contributed by atoms with E-state index >= 15 is 0 Å². The molecule has 5 rings (SSSR count). The number of hydrogen-bond donors (Lipinski definition) is 0. The summed E-state index contributed by atoms with van der Waals surface area (Å²) in [6.07, 6.45) is 3.92. The molecule has 3 heteroatoms. The average molecular weight is 330 g/mol. The molecule has 2 heterocycles. The lowest BCUT2D eigenvalue weighted by Gasteiger charge is -2.28. The number of nitrogens with zero attached hydrogens (tertiary/aromatic N) is 2. The molecule has 25 heavy (non-hydrogen) atoms. The number of anilines is 1. The van der Waals surface area contributed by atoms with Crippen molar-refractivity contribution in [2.24, 2.45) is 0 Å². The fourth-order valence-electron chi connectivity index (χ4n) is 4.43. The quantitative estimate of drug-likeness (QED) is 0.663. The van der Waals surface area contributed by atoms with Crippen molar-refractivity contribution in [2.45, 2.75) is 19.3 Å². The van der Waals surface area contributed by atoms with Gasteiger partial charge in [-0.3, -0.25) is 4.79 Å². The minimum atomic E-state index is 0.160. The van der Waals surface area contributed by atoms with Gasteiger partial charge in [0.1, 0.15) is 0 Å². The van der Waals surface area contributed by atoms with Crippen LogP contribution in [0, 0.1) is 0 Å². The van der Waals surface area contributed by atoms with Crippen LogP contribution in [0.25, 0.3) is 21.5 Å². The van der Waals surface area contributed by atoms with E-state index in [1.54, 1.807) is 0 Å². The second-order valence-corrected chi connectivity index (χ2v) is 7.20. The first-order valence-corrected chi connectivity index (χ1v) is 9.31. The Morgan fingerprint density at radius 2 is 1.64 bits per heavy atom. The van der Waals surface area contributed by atoms with E-state index in [1.165, 1.54) is 48.5 Å². The average Bonchev–Trinajstić information content (AvgIpc) is 2.94. The zero-order chi connectivity index (χ0) is 16.8. The Labute approximate surface area is 147 Å². The number of fused-ring (bicyclic) bond motifs is 2. The Morgan fingerprint density at radius 1 is 0.840 bits per heavy atom. The number of benzene rings is 3. The maximum Gasteiger partial charge on any atom is 0.259 e. The van der Waals surface area contributed by atoms with Gasteiger partial charge in [0.15, 0.2) is 0 Å². The number of piperidine rings is 1. The molecule has 0 spiro atoms. The smallest absolute Gasteiger partial charge is 0.259 e. The minimum absolute atomic E-state index is 0.160. The van der Waals surface area contributed by atoms with Gasteiger partial charge in [-0.05, 0) is 54.2 Å². The van der Waals surface area contributed by atoms with E-state index in [2.05, 4.69) is 41.3 Å². The highest BCUT2D eigenvalue weighted by molar-refractivity contribution is 6.29. The molecule has 1 fully saturated rings. The monoisotopic (exact) mass is 330 g/mol. The number of carbonyl (C=O) groups excluding carboxylic acids is 1. The van der Waals surface area contributed by atoms with Crippen LogP contribution in [0.3, 0.4) is 0 Å². The van der Waals surface area contributed by atoms with Gasteiger partial charge in [0.05, 0.1) is 5.69 Å². The zero-order valence-electron chi connectivity index (χ0n) is 14.4. The molecule has 3 aromatic rings. The number of rotatable bonds is 3. The van der Waals surface area contributed by atoms with Crippen molar-refractivity contribution < 1.29 is 4.79 Å². The number of hydrogen-bond acceptors (Lipinski definition) is 2. The van der Waals surface area contributed by atoms with Crippen LogP contribution in [0.1, 0.15) is 29.6 Å². The predicted octanol–water partition coefficient (Wildman–Crippen LogP) is 4.44. The lowest BCUT2D eigenvalue weighted by atomic mass is 9.99. The second kappa shape index (κ2) is 5.85. The Hall–Kier alpha value is -2.39. The lowest BCUT2D eigenvalue weighted by Crippen LogP contribution is -2.39. The fourth-order valence-corrected chi connectivity index (χ4v) is 4.43. The van der Waals surface area contributed by atoms with Gasteiger partial charge >= 0.3 is 0 Å². The topological polar surface area (TPSA) is 23.6 Å². The summed E-state index contributed by atoms with van der Waals surface area (Å²) in [4.78, 5) is 17.5. The van der Waals surface area contributed by atoms with Crippen molar-refractivity contribution in [3.05, 3.63) is 54.1 Å². The van der Waals surface area contributed by atoms with Crippen molar-refractivity contribution >= 4 is 33.1 Å². The van der Waals surface area contributed by atoms with E-state index in [-0.39, 0.29) is 5.91 Å². The van der Waals surface area contributed by atoms with Gasteiger partial charge in [0, 0.05) is 24.0 Å². The SMILES string of the molecule is O=C1c2cccc3c2c(cc2ccccc23)N1CCN1CCCCC1. The van der Waals surface area contributed by atoms with Crippen LogP contribution >= 0.6 is 0 Å². The summed E-state index contributed by atoms with van der Waals surface area (Å²) in [5.74, 6) is 0.160. The molecule has 2 aliphatic rings. The Bertz CT molecular complexity index is 972. The highest BCUT2D eigenvalue weighted by Gasteiger charge is 2.30. The predicted molar refractivity (Wildman–Crippen MR) is 103 cm³/mol. The van der Waals surface area contributed by atoms with E-state index in [1.807, 2.05) is 17.0 Å².